The summed E-state index contributed by atoms with van der Waals surface area (Å²) < 4.78 is 16.7. The molecule has 3 aromatic carbocycles. The first-order valence-corrected chi connectivity index (χ1v) is 7.47. The Morgan fingerprint density at radius 2 is 1.78 bits per heavy atom. The Kier molecular flexibility index (Phi) is 3.60. The van der Waals surface area contributed by atoms with Crippen molar-refractivity contribution in [3.63, 3.8) is 0 Å². The lowest BCUT2D eigenvalue weighted by atomic mass is 10.0. The van der Waals surface area contributed by atoms with Gasteiger partial charge in [0.1, 0.15) is 12.4 Å². The van der Waals surface area contributed by atoms with Crippen LogP contribution < -0.4 is 14.2 Å². The van der Waals surface area contributed by atoms with E-state index < -0.39 is 0 Å². The number of rotatable bonds is 4. The van der Waals surface area contributed by atoms with Crippen LogP contribution in [0.1, 0.15) is 5.56 Å². The molecule has 0 spiro atoms. The summed E-state index contributed by atoms with van der Waals surface area (Å²) in [6.45, 7) is 0.750. The van der Waals surface area contributed by atoms with Crippen LogP contribution in [-0.2, 0) is 6.61 Å². The van der Waals surface area contributed by atoms with Gasteiger partial charge >= 0.3 is 0 Å². The number of ether oxygens (including phenoxy) is 3. The van der Waals surface area contributed by atoms with Gasteiger partial charge in [0.2, 0.25) is 6.79 Å². The zero-order valence-electron chi connectivity index (χ0n) is 12.5. The van der Waals surface area contributed by atoms with Crippen LogP contribution in [0.3, 0.4) is 0 Å². The third-order valence-corrected chi connectivity index (χ3v) is 3.71. The Morgan fingerprint density at radius 1 is 0.913 bits per heavy atom. The number of hydrogen-bond acceptors (Lipinski definition) is 3. The summed E-state index contributed by atoms with van der Waals surface area (Å²) in [7, 11) is 0. The fourth-order valence-corrected chi connectivity index (χ4v) is 2.56. The van der Waals surface area contributed by atoms with Gasteiger partial charge in [-0.3, -0.25) is 0 Å². The van der Waals surface area contributed by atoms with Gasteiger partial charge in [0.15, 0.2) is 11.5 Å². The van der Waals surface area contributed by atoms with Gasteiger partial charge in [-0.05, 0) is 35.4 Å². The maximum absolute atomic E-state index is 6.01. The lowest BCUT2D eigenvalue weighted by Crippen LogP contribution is -1.97. The standard InChI is InChI=1S/C20H15O3/c1-2-6-16(7-3-1)17-8-4-5-9-18(17)21-13-15-10-11-19-20(12-15)23-14-22-19/h1-7,9-12H,13-14H2. The molecule has 0 fully saturated rings. The SMILES string of the molecule is [c]1cccc(OCc2ccc3c(c2)OCO3)c1-c1ccccc1. The first-order valence-electron chi connectivity index (χ1n) is 7.47. The lowest BCUT2D eigenvalue weighted by Gasteiger charge is -2.11. The Bertz CT molecular complexity index is 812. The summed E-state index contributed by atoms with van der Waals surface area (Å²) >= 11 is 0. The molecule has 0 unspecified atom stereocenters. The maximum atomic E-state index is 6.01. The fourth-order valence-electron chi connectivity index (χ4n) is 2.56. The van der Waals surface area contributed by atoms with Gasteiger partial charge in [0.05, 0.1) is 0 Å². The molecule has 0 amide bonds. The van der Waals surface area contributed by atoms with Crippen molar-refractivity contribution < 1.29 is 14.2 Å². The smallest absolute Gasteiger partial charge is 0.231 e. The fraction of sp³-hybridized carbons (Fsp3) is 0.100. The van der Waals surface area contributed by atoms with Crippen molar-refractivity contribution >= 4 is 0 Å². The molecule has 3 heteroatoms. The van der Waals surface area contributed by atoms with Crippen molar-refractivity contribution in [2.45, 2.75) is 6.61 Å². The zero-order valence-corrected chi connectivity index (χ0v) is 12.5. The molecular weight excluding hydrogens is 288 g/mol. The van der Waals surface area contributed by atoms with Crippen molar-refractivity contribution in [2.75, 3.05) is 6.79 Å². The van der Waals surface area contributed by atoms with Crippen molar-refractivity contribution in [1.29, 1.82) is 0 Å². The molecule has 0 N–H and O–H groups in total. The largest absolute Gasteiger partial charge is 0.488 e. The molecule has 0 saturated carbocycles. The van der Waals surface area contributed by atoms with Crippen LogP contribution in [0.15, 0.2) is 66.7 Å². The number of benzene rings is 3. The van der Waals surface area contributed by atoms with Crippen LogP contribution in [0.2, 0.25) is 0 Å². The molecular formula is C20H15O3. The summed E-state index contributed by atoms with van der Waals surface area (Å²) in [4.78, 5) is 0. The van der Waals surface area contributed by atoms with Gasteiger partial charge in [0, 0.05) is 5.56 Å². The van der Waals surface area contributed by atoms with Crippen molar-refractivity contribution in [2.24, 2.45) is 0 Å². The van der Waals surface area contributed by atoms with Gasteiger partial charge in [-0.2, -0.15) is 0 Å². The monoisotopic (exact) mass is 303 g/mol. The molecule has 1 heterocycles. The topological polar surface area (TPSA) is 27.7 Å². The van der Waals surface area contributed by atoms with Crippen molar-refractivity contribution in [3.8, 4) is 28.4 Å². The van der Waals surface area contributed by atoms with Gasteiger partial charge in [-0.25, -0.2) is 0 Å². The Balaban J connectivity index is 1.56. The average Bonchev–Trinajstić information content (AvgIpc) is 3.09. The highest BCUT2D eigenvalue weighted by molar-refractivity contribution is 5.69. The lowest BCUT2D eigenvalue weighted by molar-refractivity contribution is 0.174. The molecule has 1 aliphatic rings. The highest BCUT2D eigenvalue weighted by atomic mass is 16.7. The van der Waals surface area contributed by atoms with E-state index in [1.165, 1.54) is 0 Å². The summed E-state index contributed by atoms with van der Waals surface area (Å²) in [5.74, 6) is 2.37. The minimum Gasteiger partial charge on any atom is -0.488 e. The van der Waals surface area contributed by atoms with E-state index in [-0.39, 0.29) is 6.79 Å². The number of hydrogen-bond donors (Lipinski definition) is 0. The molecule has 3 aromatic rings. The highest BCUT2D eigenvalue weighted by Gasteiger charge is 2.13. The van der Waals surface area contributed by atoms with E-state index in [2.05, 4.69) is 18.2 Å². The van der Waals surface area contributed by atoms with Crippen molar-refractivity contribution in [3.05, 3.63) is 78.4 Å². The van der Waals surface area contributed by atoms with E-state index in [1.54, 1.807) is 0 Å². The third kappa shape index (κ3) is 2.86. The zero-order chi connectivity index (χ0) is 15.5. The van der Waals surface area contributed by atoms with Crippen LogP contribution in [0.4, 0.5) is 0 Å². The number of fused-ring (bicyclic) bond motifs is 1. The van der Waals surface area contributed by atoms with E-state index in [4.69, 9.17) is 14.2 Å². The van der Waals surface area contributed by atoms with Crippen LogP contribution in [-0.4, -0.2) is 6.79 Å². The van der Waals surface area contributed by atoms with E-state index in [1.807, 2.05) is 54.6 Å². The Morgan fingerprint density at radius 3 is 2.70 bits per heavy atom. The minimum atomic E-state index is 0.283. The molecule has 0 atom stereocenters. The Labute approximate surface area is 135 Å². The quantitative estimate of drug-likeness (QED) is 0.712. The maximum Gasteiger partial charge on any atom is 0.231 e. The van der Waals surface area contributed by atoms with Crippen LogP contribution >= 0.6 is 0 Å². The van der Waals surface area contributed by atoms with E-state index in [9.17, 15) is 0 Å². The molecule has 1 aliphatic heterocycles. The molecule has 4 rings (SSSR count). The second-order valence-corrected chi connectivity index (χ2v) is 5.25. The Hall–Kier alpha value is -2.94. The third-order valence-electron chi connectivity index (χ3n) is 3.71. The normalized spacial score (nSPS) is 12.2. The van der Waals surface area contributed by atoms with E-state index in [0.29, 0.717) is 6.61 Å². The van der Waals surface area contributed by atoms with Crippen molar-refractivity contribution in [1.82, 2.24) is 0 Å². The molecule has 0 saturated heterocycles. The van der Waals surface area contributed by atoms with Crippen LogP contribution in [0, 0.1) is 6.07 Å². The minimum absolute atomic E-state index is 0.283. The predicted molar refractivity (Wildman–Crippen MR) is 87.6 cm³/mol. The predicted octanol–water partition coefficient (Wildman–Crippen LogP) is 4.46. The highest BCUT2D eigenvalue weighted by Crippen LogP contribution is 2.34. The summed E-state index contributed by atoms with van der Waals surface area (Å²) in [5.41, 5.74) is 3.10. The first kappa shape index (κ1) is 13.7. The molecule has 1 radical (unpaired) electrons. The van der Waals surface area contributed by atoms with Gasteiger partial charge in [0.25, 0.3) is 0 Å². The average molecular weight is 303 g/mol. The second kappa shape index (κ2) is 6.05. The molecule has 0 aromatic heterocycles. The van der Waals surface area contributed by atoms with Gasteiger partial charge < -0.3 is 14.2 Å². The molecule has 0 aliphatic carbocycles. The first-order chi connectivity index (χ1) is 11.4. The summed E-state index contributed by atoms with van der Waals surface area (Å²) in [6, 6.07) is 25.0. The molecule has 0 bridgehead atoms. The van der Waals surface area contributed by atoms with Gasteiger partial charge in [-0.15, -0.1) is 0 Å². The summed E-state index contributed by atoms with van der Waals surface area (Å²) in [6.07, 6.45) is 0. The van der Waals surface area contributed by atoms with Crippen LogP contribution in [0.25, 0.3) is 11.1 Å². The van der Waals surface area contributed by atoms with Gasteiger partial charge in [-0.1, -0.05) is 48.5 Å². The molecule has 113 valence electrons. The van der Waals surface area contributed by atoms with Crippen LogP contribution in [0.5, 0.6) is 17.2 Å². The second-order valence-electron chi connectivity index (χ2n) is 5.25. The summed E-state index contributed by atoms with van der Waals surface area (Å²) in [5, 5.41) is 0. The molecule has 3 nitrogen and oxygen atoms in total. The van der Waals surface area contributed by atoms with E-state index >= 15 is 0 Å². The molecule has 23 heavy (non-hydrogen) atoms. The van der Waals surface area contributed by atoms with E-state index in [0.717, 1.165) is 33.9 Å².